The van der Waals surface area contributed by atoms with Crippen LogP contribution < -0.4 is 5.73 Å². The Balaban J connectivity index is 1.58. The van der Waals surface area contributed by atoms with Crippen LogP contribution in [0.15, 0.2) is 12.7 Å². The number of hydrogen-bond donors (Lipinski definition) is 5. The predicted octanol–water partition coefficient (Wildman–Crippen LogP) is 0.546. The van der Waals surface area contributed by atoms with Crippen molar-refractivity contribution in [2.45, 2.75) is 25.2 Å². The molecule has 2 aromatic heterocycles. The van der Waals surface area contributed by atoms with E-state index in [0.717, 1.165) is 0 Å². The third-order valence-corrected chi connectivity index (χ3v) is 8.34. The van der Waals surface area contributed by atoms with Crippen molar-refractivity contribution in [3.8, 4) is 0 Å². The Morgan fingerprint density at radius 1 is 1.21 bits per heavy atom. The Morgan fingerprint density at radius 2 is 1.93 bits per heavy atom. The maximum absolute atomic E-state index is 11.5. The van der Waals surface area contributed by atoms with E-state index in [-0.39, 0.29) is 12.4 Å². The summed E-state index contributed by atoms with van der Waals surface area (Å²) in [5.74, 6) is 0.218. The number of rotatable bonds is 8. The predicted molar refractivity (Wildman–Crippen MR) is 99.4 cm³/mol. The lowest BCUT2D eigenvalue weighted by Gasteiger charge is -2.21. The molecule has 0 bridgehead atoms. The highest BCUT2D eigenvalue weighted by Gasteiger charge is 2.39. The van der Waals surface area contributed by atoms with Gasteiger partial charge in [0.05, 0.1) is 19.0 Å². The van der Waals surface area contributed by atoms with Gasteiger partial charge in [-0.2, -0.15) is 4.31 Å². The molecule has 3 heterocycles. The number of ether oxygens (including phenoxy) is 1. The zero-order valence-electron chi connectivity index (χ0n) is 14.3. The molecule has 0 aromatic carbocycles. The molecule has 0 radical (unpaired) electrons. The molecule has 0 spiro atoms. The normalized spacial score (nSPS) is 24.4. The Morgan fingerprint density at radius 3 is 2.62 bits per heavy atom. The summed E-state index contributed by atoms with van der Waals surface area (Å²) >= 11 is 4.56. The summed E-state index contributed by atoms with van der Waals surface area (Å²) in [6, 6.07) is 0. The maximum atomic E-state index is 11.5. The van der Waals surface area contributed by atoms with Gasteiger partial charge in [-0.15, -0.1) is 0 Å². The van der Waals surface area contributed by atoms with Gasteiger partial charge in [0.25, 0.3) is 0 Å². The second-order valence-corrected chi connectivity index (χ2v) is 11.6. The number of hydrogen-bond acceptors (Lipinski definition) is 11. The molecule has 19 heteroatoms. The summed E-state index contributed by atoms with van der Waals surface area (Å²) in [4.78, 5) is 48.3. The molecule has 1 aliphatic rings. The molecule has 29 heavy (non-hydrogen) atoms. The molecule has 0 amide bonds. The molecule has 0 aliphatic carbocycles. The molecule has 6 N–H and O–H groups in total. The van der Waals surface area contributed by atoms with Gasteiger partial charge in [-0.05, 0) is 24.6 Å². The first kappa shape index (κ1) is 22.8. The minimum absolute atomic E-state index is 0.218. The molecular weight excluding hydrogens is 475 g/mol. The van der Waals surface area contributed by atoms with E-state index >= 15 is 0 Å². The van der Waals surface area contributed by atoms with E-state index in [0.29, 0.717) is 24.0 Å². The molecule has 1 fully saturated rings. The minimum Gasteiger partial charge on any atom is -0.382 e. The van der Waals surface area contributed by atoms with Gasteiger partial charge >= 0.3 is 22.4 Å². The molecule has 1 aliphatic heterocycles. The first-order valence-corrected chi connectivity index (χ1v) is 13.3. The van der Waals surface area contributed by atoms with Crippen molar-refractivity contribution in [3.63, 3.8) is 0 Å². The highest BCUT2D eigenvalue weighted by Crippen LogP contribution is 2.66. The minimum atomic E-state index is -5.36. The highest BCUT2D eigenvalue weighted by atomic mass is 32.5. The second-order valence-electron chi connectivity index (χ2n) is 5.76. The van der Waals surface area contributed by atoms with E-state index in [1.54, 1.807) is 4.57 Å². The summed E-state index contributed by atoms with van der Waals surface area (Å²) in [7, 11) is -10.7. The first-order chi connectivity index (χ1) is 13.4. The lowest BCUT2D eigenvalue weighted by molar-refractivity contribution is -0.0178. The summed E-state index contributed by atoms with van der Waals surface area (Å²) in [6.07, 6.45) is 2.73. The summed E-state index contributed by atoms with van der Waals surface area (Å²) in [6.45, 7) is -4.68. The number of fused-ring (bicyclic) bond motifs is 1. The zero-order chi connectivity index (χ0) is 21.4. The van der Waals surface area contributed by atoms with Crippen molar-refractivity contribution in [2.24, 2.45) is 0 Å². The third kappa shape index (κ3) is 6.07. The number of imidazole rings is 1. The Bertz CT molecular complexity index is 1040. The molecule has 3 rings (SSSR count). The molecule has 4 atom stereocenters. The monoisotopic (exact) mass is 491 g/mol. The number of nitrogens with zero attached hydrogens (tertiary/aromatic N) is 4. The van der Waals surface area contributed by atoms with Crippen LogP contribution in [0.4, 0.5) is 5.82 Å². The van der Waals surface area contributed by atoms with E-state index < -0.39 is 34.7 Å². The number of anilines is 1. The van der Waals surface area contributed by atoms with Crippen molar-refractivity contribution in [2.75, 3.05) is 12.3 Å². The Labute approximate surface area is 167 Å². The summed E-state index contributed by atoms with van der Waals surface area (Å²) < 4.78 is 42.2. The molecule has 2 unspecified atom stereocenters. The average molecular weight is 491 g/mol. The lowest BCUT2D eigenvalue weighted by atomic mass is 10.2. The van der Waals surface area contributed by atoms with E-state index in [2.05, 4.69) is 35.4 Å². The van der Waals surface area contributed by atoms with Gasteiger partial charge in [0.1, 0.15) is 18.1 Å². The van der Waals surface area contributed by atoms with Gasteiger partial charge in [-0.3, -0.25) is 4.57 Å². The van der Waals surface area contributed by atoms with Gasteiger partial charge in [0.15, 0.2) is 11.5 Å². The van der Waals surface area contributed by atoms with Crippen LogP contribution >= 0.6 is 22.4 Å². The first-order valence-electron chi connectivity index (χ1n) is 7.72. The summed E-state index contributed by atoms with van der Waals surface area (Å²) in [5.41, 5.74) is 6.62. The molecule has 0 saturated carbocycles. The maximum Gasteiger partial charge on any atom is 0.488 e. The smallest absolute Gasteiger partial charge is 0.382 e. The van der Waals surface area contributed by atoms with Crippen LogP contribution in [0.1, 0.15) is 19.1 Å². The fraction of sp³-hybridized carbons (Fsp3) is 0.500. The molecule has 2 aromatic rings. The van der Waals surface area contributed by atoms with Crippen LogP contribution in [-0.2, 0) is 38.8 Å². The number of nitrogen functional groups attached to an aromatic ring is 1. The van der Waals surface area contributed by atoms with Crippen LogP contribution in [0.5, 0.6) is 0 Å². The van der Waals surface area contributed by atoms with Crippen LogP contribution in [0.2, 0.25) is 0 Å². The molecule has 162 valence electrons. The molecular formula is C10H16N5O10P3S. The third-order valence-electron chi connectivity index (χ3n) is 3.62. The summed E-state index contributed by atoms with van der Waals surface area (Å²) in [5, 5.41) is 0. The fourth-order valence-electron chi connectivity index (χ4n) is 2.58. The fourth-order valence-corrected chi connectivity index (χ4v) is 6.57. The SMILES string of the molecule is Nc1ncnc2c1ncn2[C@H]1CC[C@@H](COP(O)(=S)OP(=O)(O)OP(=O)(O)O)O1. The number of phosphoric acid groups is 2. The number of nitrogens with two attached hydrogens (primary N) is 1. The van der Waals surface area contributed by atoms with Crippen molar-refractivity contribution >= 4 is 51.2 Å². The molecule has 1 saturated heterocycles. The topological polar surface area (TPSA) is 222 Å². The van der Waals surface area contributed by atoms with Crippen LogP contribution in [-0.4, -0.2) is 51.8 Å². The van der Waals surface area contributed by atoms with E-state index in [9.17, 15) is 18.9 Å². The van der Waals surface area contributed by atoms with Gasteiger partial charge in [-0.25, -0.2) is 28.4 Å². The Hall–Kier alpha value is -0.860. The standard InChI is InChI=1S/C10H16N5O10P3S/c11-9-8-10(13-4-12-9)15(5-14-8)7-2-1-6(23-7)3-22-28(21,29)25-27(19,20)24-26(16,17)18/h4-7H,1-3H2,(H,19,20)(H,21,29)(H2,11,12,13)(H2,16,17,18)/t6-,7+,28?/m0/s1. The largest absolute Gasteiger partial charge is 0.488 e. The zero-order valence-corrected chi connectivity index (χ0v) is 17.8. The van der Waals surface area contributed by atoms with Crippen molar-refractivity contribution in [1.29, 1.82) is 0 Å². The van der Waals surface area contributed by atoms with Gasteiger partial charge in [0, 0.05) is 0 Å². The van der Waals surface area contributed by atoms with Crippen LogP contribution in [0, 0.1) is 0 Å². The number of aromatic nitrogens is 4. The van der Waals surface area contributed by atoms with Gasteiger partial charge in [0.2, 0.25) is 0 Å². The van der Waals surface area contributed by atoms with Crippen LogP contribution in [0.25, 0.3) is 11.2 Å². The highest BCUT2D eigenvalue weighted by molar-refractivity contribution is 8.08. The Kier molecular flexibility index (Phi) is 6.57. The van der Waals surface area contributed by atoms with Crippen molar-refractivity contribution in [3.05, 3.63) is 12.7 Å². The van der Waals surface area contributed by atoms with Crippen LogP contribution in [0.3, 0.4) is 0 Å². The molecule has 15 nitrogen and oxygen atoms in total. The van der Waals surface area contributed by atoms with Crippen molar-refractivity contribution in [1.82, 2.24) is 19.5 Å². The van der Waals surface area contributed by atoms with E-state index in [4.69, 9.17) is 24.8 Å². The van der Waals surface area contributed by atoms with Gasteiger partial charge < -0.3 is 34.6 Å². The second kappa shape index (κ2) is 8.35. The average Bonchev–Trinajstić information content (AvgIpc) is 3.16. The van der Waals surface area contributed by atoms with E-state index in [1.807, 2.05) is 0 Å². The van der Waals surface area contributed by atoms with Gasteiger partial charge in [-0.1, -0.05) is 0 Å². The van der Waals surface area contributed by atoms with Crippen molar-refractivity contribution < 1.29 is 46.6 Å². The van der Waals surface area contributed by atoms with E-state index in [1.165, 1.54) is 12.7 Å². The lowest BCUT2D eigenvalue weighted by Crippen LogP contribution is -2.16. The quantitative estimate of drug-likeness (QED) is 0.318.